The SMILES string of the molecule is CCn1ncnc1C(C)Nc1ncc2ncn(C)c2n1. The maximum Gasteiger partial charge on any atom is 0.225 e. The van der Waals surface area contributed by atoms with Crippen LogP contribution in [0.15, 0.2) is 18.9 Å². The third-order valence-corrected chi connectivity index (χ3v) is 3.13. The molecule has 3 aromatic heterocycles. The average Bonchev–Trinajstić information content (AvgIpc) is 3.06. The van der Waals surface area contributed by atoms with Gasteiger partial charge in [0.2, 0.25) is 5.95 Å². The van der Waals surface area contributed by atoms with Gasteiger partial charge in [0.1, 0.15) is 17.7 Å². The lowest BCUT2D eigenvalue weighted by Gasteiger charge is -2.13. The van der Waals surface area contributed by atoms with Crippen molar-refractivity contribution in [1.29, 1.82) is 0 Å². The lowest BCUT2D eigenvalue weighted by molar-refractivity contribution is 0.591. The van der Waals surface area contributed by atoms with Crippen LogP contribution in [0, 0.1) is 0 Å². The lowest BCUT2D eigenvalue weighted by Crippen LogP contribution is -2.15. The molecule has 104 valence electrons. The average molecular weight is 272 g/mol. The minimum absolute atomic E-state index is 0.0249. The second kappa shape index (κ2) is 4.87. The van der Waals surface area contributed by atoms with Gasteiger partial charge in [-0.3, -0.25) is 0 Å². The van der Waals surface area contributed by atoms with Gasteiger partial charge in [0.25, 0.3) is 0 Å². The van der Waals surface area contributed by atoms with Crippen molar-refractivity contribution in [1.82, 2.24) is 34.3 Å². The van der Waals surface area contributed by atoms with Gasteiger partial charge in [0.15, 0.2) is 5.65 Å². The maximum absolute atomic E-state index is 4.46. The van der Waals surface area contributed by atoms with Crippen molar-refractivity contribution in [3.8, 4) is 0 Å². The number of nitrogens with one attached hydrogen (secondary N) is 1. The summed E-state index contributed by atoms with van der Waals surface area (Å²) in [5.74, 6) is 1.42. The molecule has 0 aliphatic rings. The van der Waals surface area contributed by atoms with Crippen LogP contribution in [0.1, 0.15) is 25.7 Å². The third kappa shape index (κ3) is 2.09. The molecular weight excluding hydrogens is 256 g/mol. The predicted molar refractivity (Wildman–Crippen MR) is 74.0 cm³/mol. The minimum Gasteiger partial charge on any atom is -0.344 e. The topological polar surface area (TPSA) is 86.3 Å². The number of aryl methyl sites for hydroxylation is 2. The van der Waals surface area contributed by atoms with Gasteiger partial charge >= 0.3 is 0 Å². The Labute approximate surface area is 115 Å². The van der Waals surface area contributed by atoms with E-state index in [0.29, 0.717) is 5.95 Å². The van der Waals surface area contributed by atoms with Gasteiger partial charge < -0.3 is 9.88 Å². The van der Waals surface area contributed by atoms with Crippen LogP contribution in [-0.2, 0) is 13.6 Å². The highest BCUT2D eigenvalue weighted by atomic mass is 15.3. The Morgan fingerprint density at radius 1 is 1.30 bits per heavy atom. The number of rotatable bonds is 4. The molecule has 1 N–H and O–H groups in total. The van der Waals surface area contributed by atoms with Crippen LogP contribution in [0.5, 0.6) is 0 Å². The van der Waals surface area contributed by atoms with E-state index in [1.54, 1.807) is 18.9 Å². The smallest absolute Gasteiger partial charge is 0.225 e. The molecule has 3 rings (SSSR count). The standard InChI is InChI=1S/C12H16N8/c1-4-20-10(14-6-16-20)8(2)17-12-13-5-9-11(18-12)19(3)7-15-9/h5-8H,4H2,1-3H3,(H,13,17,18). The first-order valence-corrected chi connectivity index (χ1v) is 6.47. The molecule has 1 atom stereocenters. The molecule has 0 fully saturated rings. The number of hydrogen-bond acceptors (Lipinski definition) is 6. The highest BCUT2D eigenvalue weighted by molar-refractivity contribution is 5.70. The summed E-state index contributed by atoms with van der Waals surface area (Å²) in [6.07, 6.45) is 4.99. The Morgan fingerprint density at radius 3 is 2.95 bits per heavy atom. The Morgan fingerprint density at radius 2 is 2.15 bits per heavy atom. The van der Waals surface area contributed by atoms with Crippen LogP contribution < -0.4 is 5.32 Å². The van der Waals surface area contributed by atoms with Gasteiger partial charge in [-0.25, -0.2) is 19.6 Å². The zero-order valence-corrected chi connectivity index (χ0v) is 11.6. The molecule has 0 amide bonds. The van der Waals surface area contributed by atoms with Gasteiger partial charge in [0, 0.05) is 13.6 Å². The first-order valence-electron chi connectivity index (χ1n) is 6.47. The van der Waals surface area contributed by atoms with E-state index in [0.717, 1.165) is 23.5 Å². The van der Waals surface area contributed by atoms with E-state index in [1.165, 1.54) is 0 Å². The fourth-order valence-corrected chi connectivity index (χ4v) is 2.10. The Balaban J connectivity index is 1.87. The van der Waals surface area contributed by atoms with Crippen molar-refractivity contribution in [2.75, 3.05) is 5.32 Å². The summed E-state index contributed by atoms with van der Waals surface area (Å²) in [6, 6.07) is -0.0249. The van der Waals surface area contributed by atoms with Crippen LogP contribution in [0.4, 0.5) is 5.95 Å². The first kappa shape index (κ1) is 12.5. The van der Waals surface area contributed by atoms with E-state index in [2.05, 4.69) is 30.4 Å². The first-order chi connectivity index (χ1) is 9.69. The van der Waals surface area contributed by atoms with Gasteiger partial charge in [-0.15, -0.1) is 0 Å². The van der Waals surface area contributed by atoms with Crippen LogP contribution >= 0.6 is 0 Å². The van der Waals surface area contributed by atoms with E-state index in [4.69, 9.17) is 0 Å². The molecular formula is C12H16N8. The van der Waals surface area contributed by atoms with Crippen LogP contribution in [-0.4, -0.2) is 34.3 Å². The highest BCUT2D eigenvalue weighted by Crippen LogP contribution is 2.16. The fourth-order valence-electron chi connectivity index (χ4n) is 2.10. The second-order valence-corrected chi connectivity index (χ2v) is 4.56. The molecule has 0 aliphatic heterocycles. The summed E-state index contributed by atoms with van der Waals surface area (Å²) in [4.78, 5) is 17.2. The van der Waals surface area contributed by atoms with Crippen molar-refractivity contribution < 1.29 is 0 Å². The third-order valence-electron chi connectivity index (χ3n) is 3.13. The minimum atomic E-state index is -0.0249. The Hall–Kier alpha value is -2.51. The number of anilines is 1. The zero-order chi connectivity index (χ0) is 14.1. The Bertz CT molecular complexity index is 728. The molecule has 0 spiro atoms. The largest absolute Gasteiger partial charge is 0.344 e. The van der Waals surface area contributed by atoms with Gasteiger partial charge in [-0.1, -0.05) is 0 Å². The second-order valence-electron chi connectivity index (χ2n) is 4.56. The summed E-state index contributed by atoms with van der Waals surface area (Å²) >= 11 is 0. The van der Waals surface area contributed by atoms with Crippen molar-refractivity contribution in [2.24, 2.45) is 7.05 Å². The summed E-state index contributed by atoms with van der Waals surface area (Å²) in [5, 5.41) is 7.41. The molecule has 0 saturated heterocycles. The summed E-state index contributed by atoms with van der Waals surface area (Å²) in [6.45, 7) is 4.82. The molecule has 3 heterocycles. The number of hydrogen-bond donors (Lipinski definition) is 1. The summed E-state index contributed by atoms with van der Waals surface area (Å²) < 4.78 is 3.71. The van der Waals surface area contributed by atoms with E-state index in [1.807, 2.05) is 30.1 Å². The van der Waals surface area contributed by atoms with Crippen LogP contribution in [0.25, 0.3) is 11.2 Å². The highest BCUT2D eigenvalue weighted by Gasteiger charge is 2.14. The van der Waals surface area contributed by atoms with E-state index in [9.17, 15) is 0 Å². The molecule has 0 aromatic carbocycles. The van der Waals surface area contributed by atoms with E-state index in [-0.39, 0.29) is 6.04 Å². The molecule has 1 unspecified atom stereocenters. The molecule has 3 aromatic rings. The number of imidazole rings is 1. The quantitative estimate of drug-likeness (QED) is 0.766. The lowest BCUT2D eigenvalue weighted by atomic mass is 10.3. The monoisotopic (exact) mass is 272 g/mol. The molecule has 0 bridgehead atoms. The Kier molecular flexibility index (Phi) is 3.05. The zero-order valence-electron chi connectivity index (χ0n) is 11.6. The van der Waals surface area contributed by atoms with Gasteiger partial charge in [-0.2, -0.15) is 10.1 Å². The van der Waals surface area contributed by atoms with Crippen molar-refractivity contribution in [3.63, 3.8) is 0 Å². The van der Waals surface area contributed by atoms with Crippen molar-refractivity contribution >= 4 is 17.1 Å². The summed E-state index contributed by atoms with van der Waals surface area (Å²) in [7, 11) is 1.91. The molecule has 8 nitrogen and oxygen atoms in total. The van der Waals surface area contributed by atoms with E-state index >= 15 is 0 Å². The molecule has 20 heavy (non-hydrogen) atoms. The number of nitrogens with zero attached hydrogens (tertiary/aromatic N) is 7. The normalized spacial score (nSPS) is 12.8. The van der Waals surface area contributed by atoms with Crippen molar-refractivity contribution in [3.05, 3.63) is 24.7 Å². The van der Waals surface area contributed by atoms with Crippen LogP contribution in [0.3, 0.4) is 0 Å². The van der Waals surface area contributed by atoms with Gasteiger partial charge in [-0.05, 0) is 13.8 Å². The molecule has 0 saturated carbocycles. The predicted octanol–water partition coefficient (Wildman–Crippen LogP) is 1.15. The van der Waals surface area contributed by atoms with Crippen molar-refractivity contribution in [2.45, 2.75) is 26.4 Å². The summed E-state index contributed by atoms with van der Waals surface area (Å²) in [5.41, 5.74) is 1.58. The number of fused-ring (bicyclic) bond motifs is 1. The number of aromatic nitrogens is 7. The molecule has 0 aliphatic carbocycles. The fraction of sp³-hybridized carbons (Fsp3) is 0.417. The molecule has 8 heteroatoms. The molecule has 0 radical (unpaired) electrons. The van der Waals surface area contributed by atoms with Gasteiger partial charge in [0.05, 0.1) is 18.6 Å². The maximum atomic E-state index is 4.46. The van der Waals surface area contributed by atoms with Crippen LogP contribution in [0.2, 0.25) is 0 Å². The van der Waals surface area contributed by atoms with E-state index < -0.39 is 0 Å².